The Morgan fingerprint density at radius 3 is 2.58 bits per heavy atom. The van der Waals surface area contributed by atoms with Gasteiger partial charge in [0.1, 0.15) is 6.10 Å². The summed E-state index contributed by atoms with van der Waals surface area (Å²) in [5, 5.41) is 0. The third-order valence-electron chi connectivity index (χ3n) is 4.85. The lowest BCUT2D eigenvalue weighted by Crippen LogP contribution is -2.34. The monoisotopic (exact) mass is 330 g/mol. The maximum absolute atomic E-state index is 6.29. The summed E-state index contributed by atoms with van der Waals surface area (Å²) in [7, 11) is 0. The van der Waals surface area contributed by atoms with Gasteiger partial charge in [0.25, 0.3) is 0 Å². The molecule has 0 aliphatic carbocycles. The first-order valence-corrected chi connectivity index (χ1v) is 9.35. The van der Waals surface area contributed by atoms with Crippen molar-refractivity contribution in [2.45, 2.75) is 51.6 Å². The SMILES string of the molecule is C=CCC[C@H](CN1CCCC1)Oc1cc(C)nc(N2CCCC2)n1. The molecule has 132 valence electrons. The highest BCUT2D eigenvalue weighted by atomic mass is 16.5. The fourth-order valence-corrected chi connectivity index (χ4v) is 3.56. The lowest BCUT2D eigenvalue weighted by atomic mass is 10.2. The highest BCUT2D eigenvalue weighted by Gasteiger charge is 2.21. The second-order valence-electron chi connectivity index (χ2n) is 6.96. The molecule has 2 saturated heterocycles. The minimum absolute atomic E-state index is 0.168. The fraction of sp³-hybridized carbons (Fsp3) is 0.684. The van der Waals surface area contributed by atoms with Gasteiger partial charge >= 0.3 is 0 Å². The molecule has 3 heterocycles. The Labute approximate surface area is 145 Å². The number of allylic oxidation sites excluding steroid dienone is 1. The molecule has 0 aromatic carbocycles. The van der Waals surface area contributed by atoms with Gasteiger partial charge in [0.2, 0.25) is 11.8 Å². The van der Waals surface area contributed by atoms with Crippen molar-refractivity contribution < 1.29 is 4.74 Å². The van der Waals surface area contributed by atoms with E-state index in [1.807, 2.05) is 19.1 Å². The molecule has 5 nitrogen and oxygen atoms in total. The van der Waals surface area contributed by atoms with Crippen molar-refractivity contribution in [3.63, 3.8) is 0 Å². The van der Waals surface area contributed by atoms with Crippen LogP contribution < -0.4 is 9.64 Å². The fourth-order valence-electron chi connectivity index (χ4n) is 3.56. The van der Waals surface area contributed by atoms with Gasteiger partial charge in [0.05, 0.1) is 0 Å². The molecule has 0 unspecified atom stereocenters. The van der Waals surface area contributed by atoms with Crippen LogP contribution in [0.5, 0.6) is 5.88 Å². The van der Waals surface area contributed by atoms with Crippen molar-refractivity contribution in [3.05, 3.63) is 24.4 Å². The van der Waals surface area contributed by atoms with Gasteiger partial charge in [-0.3, -0.25) is 4.90 Å². The van der Waals surface area contributed by atoms with Crippen LogP contribution in [-0.4, -0.2) is 53.7 Å². The highest BCUT2D eigenvalue weighted by molar-refractivity contribution is 5.35. The number of hydrogen-bond donors (Lipinski definition) is 0. The van der Waals surface area contributed by atoms with Crippen LogP contribution in [0.15, 0.2) is 18.7 Å². The summed E-state index contributed by atoms with van der Waals surface area (Å²) in [6, 6.07) is 1.96. The molecule has 1 atom stereocenters. The topological polar surface area (TPSA) is 41.5 Å². The molecule has 5 heteroatoms. The second kappa shape index (κ2) is 8.47. The minimum atomic E-state index is 0.168. The summed E-state index contributed by atoms with van der Waals surface area (Å²) in [5.74, 6) is 1.55. The van der Waals surface area contributed by atoms with Crippen LogP contribution in [-0.2, 0) is 0 Å². The molecular weight excluding hydrogens is 300 g/mol. The number of rotatable bonds is 8. The van der Waals surface area contributed by atoms with Gasteiger partial charge in [-0.25, -0.2) is 4.98 Å². The molecule has 24 heavy (non-hydrogen) atoms. The summed E-state index contributed by atoms with van der Waals surface area (Å²) >= 11 is 0. The normalized spacial score (nSPS) is 19.6. The zero-order valence-electron chi connectivity index (χ0n) is 14.9. The Morgan fingerprint density at radius 2 is 1.88 bits per heavy atom. The minimum Gasteiger partial charge on any atom is -0.473 e. The van der Waals surface area contributed by atoms with Crippen molar-refractivity contribution in [1.29, 1.82) is 0 Å². The number of aryl methyl sites for hydroxylation is 1. The lowest BCUT2D eigenvalue weighted by Gasteiger charge is -2.24. The molecule has 1 aromatic heterocycles. The van der Waals surface area contributed by atoms with E-state index in [1.165, 1.54) is 38.8 Å². The quantitative estimate of drug-likeness (QED) is 0.685. The van der Waals surface area contributed by atoms with Gasteiger partial charge < -0.3 is 9.64 Å². The molecule has 0 radical (unpaired) electrons. The second-order valence-corrected chi connectivity index (χ2v) is 6.96. The number of nitrogens with zero attached hydrogens (tertiary/aromatic N) is 4. The van der Waals surface area contributed by atoms with E-state index >= 15 is 0 Å². The average molecular weight is 330 g/mol. The van der Waals surface area contributed by atoms with Crippen LogP contribution in [0, 0.1) is 6.92 Å². The van der Waals surface area contributed by atoms with E-state index in [0.29, 0.717) is 0 Å². The van der Waals surface area contributed by atoms with Crippen molar-refractivity contribution >= 4 is 5.95 Å². The molecular formula is C19H30N4O. The maximum Gasteiger partial charge on any atom is 0.228 e. The molecule has 0 N–H and O–H groups in total. The van der Waals surface area contributed by atoms with Crippen LogP contribution in [0.2, 0.25) is 0 Å². The van der Waals surface area contributed by atoms with Crippen LogP contribution in [0.3, 0.4) is 0 Å². The summed E-state index contributed by atoms with van der Waals surface area (Å²) in [6.07, 6.45) is 9.17. The van der Waals surface area contributed by atoms with E-state index < -0.39 is 0 Å². The number of likely N-dealkylation sites (tertiary alicyclic amines) is 1. The number of ether oxygens (including phenoxy) is 1. The van der Waals surface area contributed by atoms with Gasteiger partial charge in [-0.05, 0) is 58.5 Å². The Kier molecular flexibility index (Phi) is 6.07. The molecule has 1 aromatic rings. The molecule has 0 spiro atoms. The molecule has 2 fully saturated rings. The first-order chi connectivity index (χ1) is 11.7. The average Bonchev–Trinajstić information content (AvgIpc) is 3.25. The zero-order valence-corrected chi connectivity index (χ0v) is 14.9. The Hall–Kier alpha value is -1.62. The Bertz CT molecular complexity index is 536. The number of anilines is 1. The Morgan fingerprint density at radius 1 is 1.17 bits per heavy atom. The van der Waals surface area contributed by atoms with E-state index in [0.717, 1.165) is 50.0 Å². The van der Waals surface area contributed by atoms with E-state index in [9.17, 15) is 0 Å². The standard InChI is InChI=1S/C19H30N4O/c1-3-4-9-17(15-22-10-5-6-11-22)24-18-14-16(2)20-19(21-18)23-12-7-8-13-23/h3,14,17H,1,4-13,15H2,2H3/t17-/m1/s1. The number of aromatic nitrogens is 2. The van der Waals surface area contributed by atoms with Crippen molar-refractivity contribution in [2.24, 2.45) is 0 Å². The summed E-state index contributed by atoms with van der Waals surface area (Å²) < 4.78 is 6.29. The summed E-state index contributed by atoms with van der Waals surface area (Å²) in [6.45, 7) is 11.3. The van der Waals surface area contributed by atoms with E-state index in [-0.39, 0.29) is 6.10 Å². The van der Waals surface area contributed by atoms with Crippen LogP contribution >= 0.6 is 0 Å². The Balaban J connectivity index is 1.68. The maximum atomic E-state index is 6.29. The third kappa shape index (κ3) is 4.69. The van der Waals surface area contributed by atoms with Gasteiger partial charge in [0, 0.05) is 31.4 Å². The van der Waals surface area contributed by atoms with Gasteiger partial charge in [-0.1, -0.05) is 6.08 Å². The van der Waals surface area contributed by atoms with Crippen LogP contribution in [0.1, 0.15) is 44.2 Å². The molecule has 3 rings (SSSR count). The predicted octanol–water partition coefficient (Wildman–Crippen LogP) is 3.19. The summed E-state index contributed by atoms with van der Waals surface area (Å²) in [5.41, 5.74) is 0.977. The van der Waals surface area contributed by atoms with Gasteiger partial charge in [-0.2, -0.15) is 4.98 Å². The summed E-state index contributed by atoms with van der Waals surface area (Å²) in [4.78, 5) is 14.0. The van der Waals surface area contributed by atoms with Crippen molar-refractivity contribution in [1.82, 2.24) is 14.9 Å². The third-order valence-corrected chi connectivity index (χ3v) is 4.85. The van der Waals surface area contributed by atoms with E-state index in [4.69, 9.17) is 4.74 Å². The number of hydrogen-bond acceptors (Lipinski definition) is 5. The lowest BCUT2D eigenvalue weighted by molar-refractivity contribution is 0.134. The molecule has 0 bridgehead atoms. The molecule has 2 aliphatic heterocycles. The van der Waals surface area contributed by atoms with E-state index in [1.54, 1.807) is 0 Å². The van der Waals surface area contributed by atoms with Gasteiger partial charge in [-0.15, -0.1) is 6.58 Å². The van der Waals surface area contributed by atoms with Gasteiger partial charge in [0.15, 0.2) is 0 Å². The molecule has 0 saturated carbocycles. The van der Waals surface area contributed by atoms with Crippen LogP contribution in [0.4, 0.5) is 5.95 Å². The first-order valence-electron chi connectivity index (χ1n) is 9.35. The highest BCUT2D eigenvalue weighted by Crippen LogP contribution is 2.22. The predicted molar refractivity (Wildman–Crippen MR) is 97.7 cm³/mol. The van der Waals surface area contributed by atoms with Crippen molar-refractivity contribution in [2.75, 3.05) is 37.6 Å². The zero-order chi connectivity index (χ0) is 16.8. The van der Waals surface area contributed by atoms with Crippen LogP contribution in [0.25, 0.3) is 0 Å². The molecule has 2 aliphatic rings. The largest absolute Gasteiger partial charge is 0.473 e. The molecule has 0 amide bonds. The smallest absolute Gasteiger partial charge is 0.228 e. The first kappa shape index (κ1) is 17.2. The van der Waals surface area contributed by atoms with Crippen molar-refractivity contribution in [3.8, 4) is 5.88 Å². The van der Waals surface area contributed by atoms with E-state index in [2.05, 4.69) is 26.3 Å².